The summed E-state index contributed by atoms with van der Waals surface area (Å²) in [7, 11) is 3.51. The van der Waals surface area contributed by atoms with E-state index in [1.54, 1.807) is 7.11 Å². The second-order valence-corrected chi connectivity index (χ2v) is 6.80. The van der Waals surface area contributed by atoms with Crippen LogP contribution in [0.4, 0.5) is 5.69 Å². The van der Waals surface area contributed by atoms with E-state index in [0.29, 0.717) is 23.2 Å². The molecule has 0 unspecified atom stereocenters. The Bertz CT molecular complexity index is 941. The van der Waals surface area contributed by atoms with Crippen LogP contribution in [0.2, 0.25) is 0 Å². The van der Waals surface area contributed by atoms with E-state index in [-0.39, 0.29) is 11.7 Å². The Morgan fingerprint density at radius 1 is 1.14 bits per heavy atom. The molecule has 1 N–H and O–H groups in total. The van der Waals surface area contributed by atoms with Crippen LogP contribution in [0, 0.1) is 0 Å². The van der Waals surface area contributed by atoms with Gasteiger partial charge in [0.1, 0.15) is 11.5 Å². The summed E-state index contributed by atoms with van der Waals surface area (Å²) in [5.41, 5.74) is 1.59. The Morgan fingerprint density at radius 2 is 1.89 bits per heavy atom. The molecule has 7 nitrogen and oxygen atoms in total. The van der Waals surface area contributed by atoms with Gasteiger partial charge in [0, 0.05) is 12.6 Å². The number of aromatic nitrogens is 3. The number of methoxy groups -OCH3 is 1. The fourth-order valence-corrected chi connectivity index (χ4v) is 3.31. The number of para-hydroxylation sites is 2. The number of nitrogens with zero attached hydrogens (tertiary/aromatic N) is 3. The van der Waals surface area contributed by atoms with Crippen molar-refractivity contribution in [3.8, 4) is 22.9 Å². The molecule has 0 fully saturated rings. The molecule has 146 valence electrons. The summed E-state index contributed by atoms with van der Waals surface area (Å²) >= 11 is 1.33. The van der Waals surface area contributed by atoms with Crippen LogP contribution in [0.3, 0.4) is 0 Å². The minimum atomic E-state index is -0.133. The third-order valence-electron chi connectivity index (χ3n) is 3.98. The molecule has 0 atom stereocenters. The molecule has 3 aromatic rings. The van der Waals surface area contributed by atoms with Crippen LogP contribution in [-0.2, 0) is 11.8 Å². The lowest BCUT2D eigenvalue weighted by Gasteiger charge is -2.11. The second-order valence-electron chi connectivity index (χ2n) is 5.86. The average Bonchev–Trinajstić information content (AvgIpc) is 3.08. The topological polar surface area (TPSA) is 78.3 Å². The van der Waals surface area contributed by atoms with Crippen molar-refractivity contribution in [1.29, 1.82) is 0 Å². The molecule has 0 saturated heterocycles. The molecule has 0 radical (unpaired) electrons. The van der Waals surface area contributed by atoms with Gasteiger partial charge in [-0.3, -0.25) is 4.79 Å². The van der Waals surface area contributed by atoms with Gasteiger partial charge in [-0.2, -0.15) is 0 Å². The summed E-state index contributed by atoms with van der Waals surface area (Å²) < 4.78 is 12.6. The third kappa shape index (κ3) is 4.64. The summed E-state index contributed by atoms with van der Waals surface area (Å²) in [4.78, 5) is 12.3. The number of rotatable bonds is 8. The average molecular weight is 398 g/mol. The Kier molecular flexibility index (Phi) is 6.54. The maximum atomic E-state index is 12.3. The van der Waals surface area contributed by atoms with E-state index in [0.717, 1.165) is 17.1 Å². The van der Waals surface area contributed by atoms with Gasteiger partial charge in [-0.15, -0.1) is 10.2 Å². The van der Waals surface area contributed by atoms with E-state index in [1.165, 1.54) is 11.8 Å². The standard InChI is InChI=1S/C20H22N4O3S/c1-4-27-17-8-6-5-7-16(17)21-18(25)13-28-20-23-22-19(24(20)2)14-9-11-15(26-3)12-10-14/h5-12H,4,13H2,1-3H3,(H,21,25). The minimum absolute atomic E-state index is 0.133. The molecule has 3 rings (SSSR count). The maximum absolute atomic E-state index is 12.3. The van der Waals surface area contributed by atoms with E-state index in [1.807, 2.05) is 67.1 Å². The first kappa shape index (κ1) is 19.8. The number of carbonyl (C=O) groups is 1. The van der Waals surface area contributed by atoms with Crippen LogP contribution in [0.1, 0.15) is 6.92 Å². The van der Waals surface area contributed by atoms with Crippen molar-refractivity contribution in [3.05, 3.63) is 48.5 Å². The van der Waals surface area contributed by atoms with Gasteiger partial charge in [-0.05, 0) is 43.3 Å². The molecule has 0 saturated carbocycles. The lowest BCUT2D eigenvalue weighted by molar-refractivity contribution is -0.113. The van der Waals surface area contributed by atoms with Crippen LogP contribution >= 0.6 is 11.8 Å². The van der Waals surface area contributed by atoms with Crippen molar-refractivity contribution < 1.29 is 14.3 Å². The van der Waals surface area contributed by atoms with E-state index in [2.05, 4.69) is 15.5 Å². The number of benzene rings is 2. The summed E-state index contributed by atoms with van der Waals surface area (Å²) in [5.74, 6) is 2.25. The van der Waals surface area contributed by atoms with Crippen molar-refractivity contribution in [2.24, 2.45) is 7.05 Å². The highest BCUT2D eigenvalue weighted by Gasteiger charge is 2.14. The zero-order chi connectivity index (χ0) is 19.9. The van der Waals surface area contributed by atoms with E-state index in [4.69, 9.17) is 9.47 Å². The molecule has 2 aromatic carbocycles. The first-order valence-electron chi connectivity index (χ1n) is 8.80. The Morgan fingerprint density at radius 3 is 2.61 bits per heavy atom. The zero-order valence-corrected chi connectivity index (χ0v) is 16.8. The summed E-state index contributed by atoms with van der Waals surface area (Å²) in [6.07, 6.45) is 0. The largest absolute Gasteiger partial charge is 0.497 e. The molecule has 0 bridgehead atoms. The minimum Gasteiger partial charge on any atom is -0.497 e. The van der Waals surface area contributed by atoms with Gasteiger partial charge in [0.05, 0.1) is 25.2 Å². The molecule has 28 heavy (non-hydrogen) atoms. The lowest BCUT2D eigenvalue weighted by Crippen LogP contribution is -2.15. The Labute approximate surface area is 168 Å². The number of hydrogen-bond acceptors (Lipinski definition) is 6. The van der Waals surface area contributed by atoms with Crippen molar-refractivity contribution in [3.63, 3.8) is 0 Å². The lowest BCUT2D eigenvalue weighted by atomic mass is 10.2. The number of ether oxygens (including phenoxy) is 2. The van der Waals surface area contributed by atoms with Gasteiger partial charge in [0.2, 0.25) is 5.91 Å². The molecule has 0 spiro atoms. The number of carbonyl (C=O) groups excluding carboxylic acids is 1. The molecule has 1 amide bonds. The molecule has 1 aromatic heterocycles. The van der Waals surface area contributed by atoms with Gasteiger partial charge >= 0.3 is 0 Å². The second kappa shape index (κ2) is 9.27. The van der Waals surface area contributed by atoms with Gasteiger partial charge < -0.3 is 19.4 Å². The molecule has 0 aliphatic carbocycles. The van der Waals surface area contributed by atoms with E-state index < -0.39 is 0 Å². The number of hydrogen-bond donors (Lipinski definition) is 1. The third-order valence-corrected chi connectivity index (χ3v) is 5.00. The maximum Gasteiger partial charge on any atom is 0.234 e. The van der Waals surface area contributed by atoms with Crippen LogP contribution in [0.25, 0.3) is 11.4 Å². The number of anilines is 1. The fourth-order valence-electron chi connectivity index (χ4n) is 2.60. The van der Waals surface area contributed by atoms with Crippen LogP contribution in [0.5, 0.6) is 11.5 Å². The highest BCUT2D eigenvalue weighted by atomic mass is 32.2. The Hall–Kier alpha value is -3.00. The monoisotopic (exact) mass is 398 g/mol. The molecule has 0 aliphatic heterocycles. The molecule has 1 heterocycles. The van der Waals surface area contributed by atoms with Crippen LogP contribution < -0.4 is 14.8 Å². The normalized spacial score (nSPS) is 10.5. The van der Waals surface area contributed by atoms with E-state index >= 15 is 0 Å². The first-order chi connectivity index (χ1) is 13.6. The smallest absolute Gasteiger partial charge is 0.234 e. The van der Waals surface area contributed by atoms with E-state index in [9.17, 15) is 4.79 Å². The van der Waals surface area contributed by atoms with Gasteiger partial charge in [0.15, 0.2) is 11.0 Å². The Balaban J connectivity index is 1.63. The number of nitrogens with one attached hydrogen (secondary N) is 1. The van der Waals surface area contributed by atoms with Crippen LogP contribution in [0.15, 0.2) is 53.7 Å². The summed E-state index contributed by atoms with van der Waals surface area (Å²) in [6.45, 7) is 2.44. The van der Waals surface area contributed by atoms with Crippen molar-refractivity contribution in [2.45, 2.75) is 12.1 Å². The summed E-state index contributed by atoms with van der Waals surface area (Å²) in [5, 5.41) is 12.0. The summed E-state index contributed by atoms with van der Waals surface area (Å²) in [6, 6.07) is 15.0. The van der Waals surface area contributed by atoms with Gasteiger partial charge in [-0.1, -0.05) is 23.9 Å². The number of amides is 1. The quantitative estimate of drug-likeness (QED) is 0.584. The molecule has 0 aliphatic rings. The van der Waals surface area contributed by atoms with Crippen molar-refractivity contribution >= 4 is 23.4 Å². The first-order valence-corrected chi connectivity index (χ1v) is 9.79. The highest BCUT2D eigenvalue weighted by Crippen LogP contribution is 2.26. The zero-order valence-electron chi connectivity index (χ0n) is 16.0. The van der Waals surface area contributed by atoms with Gasteiger partial charge in [0.25, 0.3) is 0 Å². The number of thioether (sulfide) groups is 1. The molecule has 8 heteroatoms. The molecular weight excluding hydrogens is 376 g/mol. The predicted molar refractivity (Wildman–Crippen MR) is 110 cm³/mol. The molecular formula is C20H22N4O3S. The van der Waals surface area contributed by atoms with Crippen molar-refractivity contribution in [1.82, 2.24) is 14.8 Å². The SMILES string of the molecule is CCOc1ccccc1NC(=O)CSc1nnc(-c2ccc(OC)cc2)n1C. The highest BCUT2D eigenvalue weighted by molar-refractivity contribution is 7.99. The van der Waals surface area contributed by atoms with Gasteiger partial charge in [-0.25, -0.2) is 0 Å². The van der Waals surface area contributed by atoms with Crippen LogP contribution in [-0.4, -0.2) is 40.1 Å². The fraction of sp³-hybridized carbons (Fsp3) is 0.250. The van der Waals surface area contributed by atoms with Crippen molar-refractivity contribution in [2.75, 3.05) is 24.8 Å². The predicted octanol–water partition coefficient (Wildman–Crippen LogP) is 3.62.